The standard InChI is InChI=1S/C19H24N6O4/c26-16-6-7-24(12-15(16)19(28)23-8-10-29-11-9-23)17(27)13-25-21-18(20-22-25)14-4-2-1-3-5-14/h1-5,15-16,26H,6-13H2/t15-,16+/m0/s1. The van der Waals surface area contributed by atoms with Crippen LogP contribution >= 0.6 is 0 Å². The van der Waals surface area contributed by atoms with Crippen LogP contribution in [0.3, 0.4) is 0 Å². The molecular weight excluding hydrogens is 376 g/mol. The van der Waals surface area contributed by atoms with Gasteiger partial charge in [0.2, 0.25) is 17.6 Å². The highest BCUT2D eigenvalue weighted by Crippen LogP contribution is 2.21. The summed E-state index contributed by atoms with van der Waals surface area (Å²) in [6.07, 6.45) is -0.379. The van der Waals surface area contributed by atoms with Gasteiger partial charge in [0.15, 0.2) is 0 Å². The van der Waals surface area contributed by atoms with E-state index in [0.29, 0.717) is 45.1 Å². The number of hydrogen-bond acceptors (Lipinski definition) is 7. The zero-order valence-electron chi connectivity index (χ0n) is 16.1. The maximum Gasteiger partial charge on any atom is 0.246 e. The third kappa shape index (κ3) is 4.43. The normalized spacial score (nSPS) is 22.5. The molecule has 10 heteroatoms. The van der Waals surface area contributed by atoms with Crippen molar-refractivity contribution in [3.63, 3.8) is 0 Å². The van der Waals surface area contributed by atoms with Crippen LogP contribution in [0.5, 0.6) is 0 Å². The summed E-state index contributed by atoms with van der Waals surface area (Å²) in [5.41, 5.74) is 0.823. The van der Waals surface area contributed by atoms with Crippen LogP contribution in [0.1, 0.15) is 6.42 Å². The van der Waals surface area contributed by atoms with Gasteiger partial charge < -0.3 is 19.6 Å². The molecule has 1 N–H and O–H groups in total. The number of aliphatic hydroxyl groups is 1. The van der Waals surface area contributed by atoms with E-state index < -0.39 is 12.0 Å². The Morgan fingerprint density at radius 2 is 1.86 bits per heavy atom. The molecule has 2 aromatic rings. The Morgan fingerprint density at radius 1 is 1.10 bits per heavy atom. The number of aromatic nitrogens is 4. The van der Waals surface area contributed by atoms with Gasteiger partial charge in [0, 0.05) is 31.7 Å². The summed E-state index contributed by atoms with van der Waals surface area (Å²) in [4.78, 5) is 30.1. The van der Waals surface area contributed by atoms with Crippen LogP contribution in [0.4, 0.5) is 0 Å². The van der Waals surface area contributed by atoms with Crippen LogP contribution in [0, 0.1) is 5.92 Å². The van der Waals surface area contributed by atoms with Crippen molar-refractivity contribution >= 4 is 11.8 Å². The summed E-state index contributed by atoms with van der Waals surface area (Å²) in [6.45, 7) is 2.55. The number of amides is 2. The molecule has 0 spiro atoms. The first-order valence-electron chi connectivity index (χ1n) is 9.77. The molecule has 4 rings (SSSR count). The molecule has 1 aromatic carbocycles. The quantitative estimate of drug-likeness (QED) is 0.730. The molecule has 2 aliphatic heterocycles. The first-order chi connectivity index (χ1) is 14.1. The van der Waals surface area contributed by atoms with E-state index in [9.17, 15) is 14.7 Å². The number of ether oxygens (including phenoxy) is 1. The van der Waals surface area contributed by atoms with Gasteiger partial charge >= 0.3 is 0 Å². The Kier molecular flexibility index (Phi) is 5.81. The van der Waals surface area contributed by atoms with E-state index >= 15 is 0 Å². The van der Waals surface area contributed by atoms with E-state index in [2.05, 4.69) is 15.4 Å². The van der Waals surface area contributed by atoms with E-state index in [4.69, 9.17) is 4.74 Å². The molecule has 1 aromatic heterocycles. The zero-order valence-corrected chi connectivity index (χ0v) is 16.1. The predicted molar refractivity (Wildman–Crippen MR) is 101 cm³/mol. The number of carbonyl (C=O) groups is 2. The number of hydrogen-bond donors (Lipinski definition) is 1. The van der Waals surface area contributed by atoms with Gasteiger partial charge in [-0.2, -0.15) is 4.80 Å². The Labute approximate surface area is 168 Å². The van der Waals surface area contributed by atoms with Crippen molar-refractivity contribution in [3.05, 3.63) is 30.3 Å². The summed E-state index contributed by atoms with van der Waals surface area (Å²) in [7, 11) is 0. The second kappa shape index (κ2) is 8.66. The van der Waals surface area contributed by atoms with Crippen molar-refractivity contribution in [1.29, 1.82) is 0 Å². The lowest BCUT2D eigenvalue weighted by molar-refractivity contribution is -0.149. The van der Waals surface area contributed by atoms with Gasteiger partial charge in [-0.3, -0.25) is 9.59 Å². The molecule has 2 saturated heterocycles. The summed E-state index contributed by atoms with van der Waals surface area (Å²) in [6, 6.07) is 9.41. The number of aliphatic hydroxyl groups excluding tert-OH is 1. The first-order valence-corrected chi connectivity index (χ1v) is 9.77. The third-order valence-corrected chi connectivity index (χ3v) is 5.33. The highest BCUT2D eigenvalue weighted by molar-refractivity contribution is 5.82. The molecule has 0 bridgehead atoms. The molecule has 0 saturated carbocycles. The summed E-state index contributed by atoms with van der Waals surface area (Å²) < 4.78 is 5.28. The number of nitrogens with zero attached hydrogens (tertiary/aromatic N) is 6. The van der Waals surface area contributed by atoms with Crippen LogP contribution in [-0.2, 0) is 20.9 Å². The Bertz CT molecular complexity index is 851. The number of likely N-dealkylation sites (tertiary alicyclic amines) is 1. The Morgan fingerprint density at radius 3 is 2.62 bits per heavy atom. The van der Waals surface area contributed by atoms with Gasteiger partial charge in [-0.1, -0.05) is 30.3 Å². The number of tetrazole rings is 1. The van der Waals surface area contributed by atoms with Crippen LogP contribution < -0.4 is 0 Å². The Balaban J connectivity index is 1.38. The number of rotatable bonds is 4. The molecule has 29 heavy (non-hydrogen) atoms. The smallest absolute Gasteiger partial charge is 0.246 e. The van der Waals surface area contributed by atoms with Crippen LogP contribution in [0.15, 0.2) is 30.3 Å². The zero-order chi connectivity index (χ0) is 20.2. The van der Waals surface area contributed by atoms with Gasteiger partial charge in [-0.15, -0.1) is 10.2 Å². The summed E-state index contributed by atoms with van der Waals surface area (Å²) >= 11 is 0. The molecule has 2 fully saturated rings. The second-order valence-electron chi connectivity index (χ2n) is 7.25. The fourth-order valence-corrected chi connectivity index (χ4v) is 3.66. The largest absolute Gasteiger partial charge is 0.392 e. The monoisotopic (exact) mass is 400 g/mol. The number of benzene rings is 1. The highest BCUT2D eigenvalue weighted by Gasteiger charge is 2.37. The topological polar surface area (TPSA) is 114 Å². The van der Waals surface area contributed by atoms with Crippen LogP contribution in [0.2, 0.25) is 0 Å². The lowest BCUT2D eigenvalue weighted by Crippen LogP contribution is -2.54. The number of piperidine rings is 1. The summed E-state index contributed by atoms with van der Waals surface area (Å²) in [5.74, 6) is -0.487. The molecule has 0 aliphatic carbocycles. The third-order valence-electron chi connectivity index (χ3n) is 5.33. The number of carbonyl (C=O) groups excluding carboxylic acids is 2. The van der Waals surface area contributed by atoms with Crippen LogP contribution in [0.25, 0.3) is 11.4 Å². The van der Waals surface area contributed by atoms with Gasteiger partial charge in [0.1, 0.15) is 6.54 Å². The molecule has 10 nitrogen and oxygen atoms in total. The second-order valence-corrected chi connectivity index (χ2v) is 7.25. The summed E-state index contributed by atoms with van der Waals surface area (Å²) in [5, 5.41) is 22.6. The van der Waals surface area contributed by atoms with Gasteiger partial charge in [-0.25, -0.2) is 0 Å². The SMILES string of the molecule is O=C(Cn1nnc(-c2ccccc2)n1)N1CC[C@@H](O)[C@@H](C(=O)N2CCOCC2)C1. The fraction of sp³-hybridized carbons (Fsp3) is 0.526. The fourth-order valence-electron chi connectivity index (χ4n) is 3.66. The molecule has 0 radical (unpaired) electrons. The molecular formula is C19H24N6O4. The van der Waals surface area contributed by atoms with Crippen molar-refractivity contribution < 1.29 is 19.4 Å². The van der Waals surface area contributed by atoms with E-state index in [-0.39, 0.29) is 24.9 Å². The van der Waals surface area contributed by atoms with Crippen molar-refractivity contribution in [1.82, 2.24) is 30.0 Å². The molecule has 0 unspecified atom stereocenters. The first kappa shape index (κ1) is 19.5. The van der Waals surface area contributed by atoms with E-state index in [0.717, 1.165) is 5.56 Å². The van der Waals surface area contributed by atoms with Crippen molar-refractivity contribution in [2.75, 3.05) is 39.4 Å². The minimum atomic E-state index is -0.747. The molecule has 3 heterocycles. The molecule has 154 valence electrons. The van der Waals surface area contributed by atoms with Crippen molar-refractivity contribution in [2.45, 2.75) is 19.1 Å². The van der Waals surface area contributed by atoms with E-state index in [1.165, 1.54) is 4.80 Å². The number of morpholine rings is 1. The van der Waals surface area contributed by atoms with Crippen molar-refractivity contribution in [3.8, 4) is 11.4 Å². The average Bonchev–Trinajstić information content (AvgIpc) is 3.23. The molecule has 2 amide bonds. The lowest BCUT2D eigenvalue weighted by Gasteiger charge is -2.38. The van der Waals surface area contributed by atoms with E-state index in [1.807, 2.05) is 30.3 Å². The maximum atomic E-state index is 12.8. The molecule has 2 atom stereocenters. The average molecular weight is 400 g/mol. The minimum absolute atomic E-state index is 0.0611. The predicted octanol–water partition coefficient (Wildman–Crippen LogP) is -0.592. The minimum Gasteiger partial charge on any atom is -0.392 e. The molecule has 2 aliphatic rings. The van der Waals surface area contributed by atoms with Gasteiger partial charge in [0.05, 0.1) is 25.2 Å². The maximum absolute atomic E-state index is 12.8. The Hall–Kier alpha value is -2.85. The van der Waals surface area contributed by atoms with Gasteiger partial charge in [-0.05, 0) is 11.6 Å². The van der Waals surface area contributed by atoms with Crippen molar-refractivity contribution in [2.24, 2.45) is 5.92 Å². The lowest BCUT2D eigenvalue weighted by atomic mass is 9.93. The van der Waals surface area contributed by atoms with Gasteiger partial charge in [0.25, 0.3) is 0 Å². The highest BCUT2D eigenvalue weighted by atomic mass is 16.5. The van der Waals surface area contributed by atoms with Crippen LogP contribution in [-0.4, -0.2) is 92.4 Å². The van der Waals surface area contributed by atoms with E-state index in [1.54, 1.807) is 9.80 Å².